The van der Waals surface area contributed by atoms with Crippen molar-refractivity contribution in [1.29, 1.82) is 0 Å². The number of rotatable bonds is 2. The number of nitrogens with one attached hydrogen (secondary N) is 1. The van der Waals surface area contributed by atoms with Crippen LogP contribution in [0.2, 0.25) is 5.02 Å². The molecule has 98 valence electrons. The molecule has 0 unspecified atom stereocenters. The van der Waals surface area contributed by atoms with E-state index >= 15 is 0 Å². The van der Waals surface area contributed by atoms with Gasteiger partial charge in [0, 0.05) is 19.3 Å². The van der Waals surface area contributed by atoms with Gasteiger partial charge in [0.25, 0.3) is 0 Å². The number of aryl methyl sites for hydroxylation is 1. The Morgan fingerprint density at radius 2 is 2.26 bits per heavy atom. The third-order valence-electron chi connectivity index (χ3n) is 2.91. The van der Waals surface area contributed by atoms with Crippen LogP contribution in [0.25, 0.3) is 11.0 Å². The Hall–Kier alpha value is -1.66. The largest absolute Gasteiger partial charge is 0.331 e. The smallest absolute Gasteiger partial charge is 0.178 e. The highest BCUT2D eigenvalue weighted by molar-refractivity contribution is 7.71. The van der Waals surface area contributed by atoms with E-state index in [1.807, 2.05) is 19.3 Å². The van der Waals surface area contributed by atoms with Crippen molar-refractivity contribution < 1.29 is 4.39 Å². The van der Waals surface area contributed by atoms with Crippen LogP contribution >= 0.6 is 23.8 Å². The number of H-pyrrole nitrogens is 1. The molecule has 0 fully saturated rings. The Morgan fingerprint density at radius 3 is 2.95 bits per heavy atom. The number of benzene rings is 1. The quantitative estimate of drug-likeness (QED) is 0.737. The Morgan fingerprint density at radius 1 is 1.47 bits per heavy atom. The number of nitrogens with zero attached hydrogens (tertiary/aromatic N) is 3. The second-order valence-corrected chi connectivity index (χ2v) is 5.07. The van der Waals surface area contributed by atoms with E-state index in [4.69, 9.17) is 23.8 Å². The number of hydrogen-bond acceptors (Lipinski definition) is 2. The van der Waals surface area contributed by atoms with E-state index in [1.54, 1.807) is 9.25 Å². The standard InChI is InChI=1S/C12H10ClFN4S/c1-17-3-2-7(16-17)6-18-11-5-9(14)8(13)4-10(11)15-12(18)19/h2-5H,6H2,1H3,(H,15,19). The van der Waals surface area contributed by atoms with Crippen LogP contribution in [0.3, 0.4) is 0 Å². The maximum atomic E-state index is 13.6. The summed E-state index contributed by atoms with van der Waals surface area (Å²) in [6, 6.07) is 4.82. The highest BCUT2D eigenvalue weighted by atomic mass is 35.5. The lowest BCUT2D eigenvalue weighted by atomic mass is 10.3. The predicted molar refractivity (Wildman–Crippen MR) is 74.4 cm³/mol. The van der Waals surface area contributed by atoms with Gasteiger partial charge >= 0.3 is 0 Å². The number of hydrogen-bond donors (Lipinski definition) is 1. The molecule has 2 heterocycles. The van der Waals surface area contributed by atoms with Crippen molar-refractivity contribution in [3.05, 3.63) is 45.7 Å². The molecule has 0 amide bonds. The zero-order valence-corrected chi connectivity index (χ0v) is 11.6. The summed E-state index contributed by atoms with van der Waals surface area (Å²) in [6.07, 6.45) is 1.85. The van der Waals surface area contributed by atoms with Crippen LogP contribution in [0.15, 0.2) is 24.4 Å². The van der Waals surface area contributed by atoms with Crippen LogP contribution in [0.4, 0.5) is 4.39 Å². The van der Waals surface area contributed by atoms with Gasteiger partial charge in [-0.2, -0.15) is 5.10 Å². The number of aromatic nitrogens is 4. The molecule has 1 N–H and O–H groups in total. The summed E-state index contributed by atoms with van der Waals surface area (Å²) in [5.74, 6) is -0.460. The third kappa shape index (κ3) is 2.17. The molecule has 0 aliphatic carbocycles. The summed E-state index contributed by atoms with van der Waals surface area (Å²) in [5, 5.41) is 4.37. The fourth-order valence-electron chi connectivity index (χ4n) is 2.02. The summed E-state index contributed by atoms with van der Waals surface area (Å²) in [6.45, 7) is 0.487. The van der Waals surface area contributed by atoms with Crippen LogP contribution in [-0.4, -0.2) is 19.3 Å². The van der Waals surface area contributed by atoms with Gasteiger partial charge in [-0.05, 0) is 24.4 Å². The highest BCUT2D eigenvalue weighted by Gasteiger charge is 2.10. The first-order chi connectivity index (χ1) is 9.04. The van der Waals surface area contributed by atoms with E-state index in [1.165, 1.54) is 12.1 Å². The minimum atomic E-state index is -0.460. The van der Waals surface area contributed by atoms with Gasteiger partial charge < -0.3 is 9.55 Å². The maximum absolute atomic E-state index is 13.6. The summed E-state index contributed by atoms with van der Waals surface area (Å²) in [5.41, 5.74) is 2.25. The Balaban J connectivity index is 2.15. The SMILES string of the molecule is Cn1ccc(Cn2c(=S)[nH]c3cc(Cl)c(F)cc32)n1. The average molecular weight is 297 g/mol. The molecular weight excluding hydrogens is 287 g/mol. The Kier molecular flexibility index (Phi) is 2.91. The minimum Gasteiger partial charge on any atom is -0.331 e. The zero-order valence-electron chi connectivity index (χ0n) is 10.0. The molecule has 0 radical (unpaired) electrons. The fourth-order valence-corrected chi connectivity index (χ4v) is 2.45. The number of imidazole rings is 1. The van der Waals surface area contributed by atoms with Gasteiger partial charge in [-0.25, -0.2) is 4.39 Å². The molecule has 0 saturated heterocycles. The topological polar surface area (TPSA) is 38.5 Å². The van der Waals surface area contributed by atoms with Crippen LogP contribution < -0.4 is 0 Å². The minimum absolute atomic E-state index is 0.0775. The van der Waals surface area contributed by atoms with E-state index < -0.39 is 5.82 Å². The molecular formula is C12H10ClFN4S. The van der Waals surface area contributed by atoms with E-state index in [0.29, 0.717) is 22.3 Å². The van der Waals surface area contributed by atoms with E-state index in [2.05, 4.69) is 10.1 Å². The molecule has 0 saturated carbocycles. The van der Waals surface area contributed by atoms with Crippen LogP contribution in [-0.2, 0) is 13.6 Å². The molecule has 0 atom stereocenters. The molecule has 0 bridgehead atoms. The summed E-state index contributed by atoms with van der Waals surface area (Å²) in [4.78, 5) is 3.01. The average Bonchev–Trinajstić information content (AvgIpc) is 2.87. The van der Waals surface area contributed by atoms with E-state index in [-0.39, 0.29) is 5.02 Å². The Bertz CT molecular complexity index is 817. The molecule has 0 aliphatic heterocycles. The van der Waals surface area contributed by atoms with Crippen molar-refractivity contribution in [2.45, 2.75) is 6.54 Å². The first-order valence-electron chi connectivity index (χ1n) is 5.60. The van der Waals surface area contributed by atoms with Gasteiger partial charge in [0.05, 0.1) is 28.3 Å². The first-order valence-corrected chi connectivity index (χ1v) is 6.39. The number of halogens is 2. The van der Waals surface area contributed by atoms with Gasteiger partial charge in [-0.1, -0.05) is 11.6 Å². The summed E-state index contributed by atoms with van der Waals surface area (Å²) < 4.78 is 17.6. The van der Waals surface area contributed by atoms with Crippen LogP contribution in [0.1, 0.15) is 5.69 Å². The molecule has 3 aromatic rings. The molecule has 0 spiro atoms. The monoisotopic (exact) mass is 296 g/mol. The number of aromatic amines is 1. The lowest BCUT2D eigenvalue weighted by Gasteiger charge is -2.02. The van der Waals surface area contributed by atoms with Crippen LogP contribution in [0, 0.1) is 10.6 Å². The van der Waals surface area contributed by atoms with Crippen molar-refractivity contribution in [2.24, 2.45) is 7.05 Å². The lowest BCUT2D eigenvalue weighted by molar-refractivity contribution is 0.628. The van der Waals surface area contributed by atoms with Crippen LogP contribution in [0.5, 0.6) is 0 Å². The molecule has 19 heavy (non-hydrogen) atoms. The molecule has 1 aromatic carbocycles. The number of fused-ring (bicyclic) bond motifs is 1. The molecule has 0 aliphatic rings. The van der Waals surface area contributed by atoms with Gasteiger partial charge in [-0.3, -0.25) is 4.68 Å². The predicted octanol–water partition coefficient (Wildman–Crippen LogP) is 3.27. The summed E-state index contributed by atoms with van der Waals surface area (Å²) in [7, 11) is 1.84. The normalized spacial score (nSPS) is 11.3. The maximum Gasteiger partial charge on any atom is 0.178 e. The lowest BCUT2D eigenvalue weighted by Crippen LogP contribution is -2.01. The van der Waals surface area contributed by atoms with Crippen molar-refractivity contribution >= 4 is 34.9 Å². The second-order valence-electron chi connectivity index (χ2n) is 4.28. The molecule has 4 nitrogen and oxygen atoms in total. The molecule has 7 heteroatoms. The first kappa shape index (κ1) is 12.4. The van der Waals surface area contributed by atoms with E-state index in [0.717, 1.165) is 5.69 Å². The van der Waals surface area contributed by atoms with Crippen molar-refractivity contribution in [3.63, 3.8) is 0 Å². The Labute approximate surface area is 118 Å². The molecule has 3 rings (SSSR count). The fraction of sp³-hybridized carbons (Fsp3) is 0.167. The van der Waals surface area contributed by atoms with Crippen molar-refractivity contribution in [1.82, 2.24) is 19.3 Å². The van der Waals surface area contributed by atoms with Gasteiger partial charge in [0.1, 0.15) is 5.82 Å². The highest BCUT2D eigenvalue weighted by Crippen LogP contribution is 2.23. The van der Waals surface area contributed by atoms with Gasteiger partial charge in [-0.15, -0.1) is 0 Å². The van der Waals surface area contributed by atoms with Gasteiger partial charge in [0.15, 0.2) is 4.77 Å². The van der Waals surface area contributed by atoms with E-state index in [9.17, 15) is 4.39 Å². The summed E-state index contributed by atoms with van der Waals surface area (Å²) >= 11 is 11.0. The molecule has 2 aromatic heterocycles. The second kappa shape index (κ2) is 4.47. The third-order valence-corrected chi connectivity index (χ3v) is 3.52. The van der Waals surface area contributed by atoms with Crippen molar-refractivity contribution in [3.8, 4) is 0 Å². The van der Waals surface area contributed by atoms with Crippen molar-refractivity contribution in [2.75, 3.05) is 0 Å². The zero-order chi connectivity index (χ0) is 13.6. The van der Waals surface area contributed by atoms with Gasteiger partial charge in [0.2, 0.25) is 0 Å².